The zero-order chi connectivity index (χ0) is 27.8. The van der Waals surface area contributed by atoms with Gasteiger partial charge in [0.15, 0.2) is 5.11 Å². The summed E-state index contributed by atoms with van der Waals surface area (Å²) in [6.07, 6.45) is 1.79. The van der Waals surface area contributed by atoms with Gasteiger partial charge in [-0.15, -0.1) is 0 Å². The number of ether oxygens (including phenoxy) is 1. The Morgan fingerprint density at radius 2 is 1.90 bits per heavy atom. The summed E-state index contributed by atoms with van der Waals surface area (Å²) >= 11 is 12.4. The first-order valence-electron chi connectivity index (χ1n) is 12.6. The topological polar surface area (TPSA) is 71.4 Å². The summed E-state index contributed by atoms with van der Waals surface area (Å²) in [6.45, 7) is 7.72. The lowest BCUT2D eigenvalue weighted by Crippen LogP contribution is -2.29. The molecule has 0 radical (unpaired) electrons. The van der Waals surface area contributed by atoms with Gasteiger partial charge in [-0.3, -0.25) is 9.78 Å². The van der Waals surface area contributed by atoms with Gasteiger partial charge in [0.1, 0.15) is 5.75 Å². The first-order chi connectivity index (χ1) is 18.7. The van der Waals surface area contributed by atoms with Crippen molar-refractivity contribution >= 4 is 46.2 Å². The van der Waals surface area contributed by atoms with Crippen molar-refractivity contribution in [2.75, 3.05) is 17.3 Å². The van der Waals surface area contributed by atoms with Crippen LogP contribution in [0.1, 0.15) is 47.2 Å². The number of thiocarbonyl (C=S) groups is 1. The highest BCUT2D eigenvalue weighted by Gasteiger charge is 2.42. The lowest BCUT2D eigenvalue weighted by atomic mass is 9.96. The molecule has 7 nitrogen and oxygen atoms in total. The second-order valence-electron chi connectivity index (χ2n) is 9.61. The van der Waals surface area contributed by atoms with E-state index in [0.717, 1.165) is 44.6 Å². The van der Waals surface area contributed by atoms with Crippen molar-refractivity contribution in [3.8, 4) is 11.4 Å². The van der Waals surface area contributed by atoms with E-state index in [-0.39, 0.29) is 18.0 Å². The number of benzene rings is 2. The van der Waals surface area contributed by atoms with E-state index in [1.807, 2.05) is 55.5 Å². The SMILES string of the molecule is COc1ccc(N2C(=S)N[C@H](c3ccccn3)[C@@H]2c2cc(C)n(-c3cccc(Cl)c3C)c2C)cc1NC(C)=O. The monoisotopic (exact) mass is 559 g/mol. The maximum absolute atomic E-state index is 11.9. The summed E-state index contributed by atoms with van der Waals surface area (Å²) in [6, 6.07) is 19.3. The van der Waals surface area contributed by atoms with Gasteiger partial charge in [0.25, 0.3) is 0 Å². The predicted molar refractivity (Wildman–Crippen MR) is 160 cm³/mol. The van der Waals surface area contributed by atoms with Crippen LogP contribution in [0.5, 0.6) is 5.75 Å². The molecule has 1 amide bonds. The van der Waals surface area contributed by atoms with E-state index >= 15 is 0 Å². The van der Waals surface area contributed by atoms with E-state index in [9.17, 15) is 4.79 Å². The molecular weight excluding hydrogens is 530 g/mol. The number of hydrogen-bond acceptors (Lipinski definition) is 4. The van der Waals surface area contributed by atoms with E-state index in [1.54, 1.807) is 13.3 Å². The Morgan fingerprint density at radius 3 is 2.59 bits per heavy atom. The molecule has 2 aromatic heterocycles. The van der Waals surface area contributed by atoms with Gasteiger partial charge in [0.2, 0.25) is 5.91 Å². The second-order valence-corrected chi connectivity index (χ2v) is 10.4. The van der Waals surface area contributed by atoms with E-state index in [2.05, 4.69) is 51.1 Å². The Morgan fingerprint density at radius 1 is 1.10 bits per heavy atom. The van der Waals surface area contributed by atoms with Crippen molar-refractivity contribution in [2.24, 2.45) is 0 Å². The van der Waals surface area contributed by atoms with Crippen molar-refractivity contribution in [3.05, 3.63) is 100 Å². The normalized spacial score (nSPS) is 16.8. The van der Waals surface area contributed by atoms with Crippen LogP contribution in [-0.4, -0.2) is 27.7 Å². The number of anilines is 2. The molecule has 0 bridgehead atoms. The Hall–Kier alpha value is -3.88. The quantitative estimate of drug-likeness (QED) is 0.259. The van der Waals surface area contributed by atoms with E-state index < -0.39 is 0 Å². The number of aryl methyl sites for hydroxylation is 1. The Labute approximate surface area is 238 Å². The Kier molecular flexibility index (Phi) is 7.34. The minimum absolute atomic E-state index is 0.184. The maximum atomic E-state index is 11.9. The van der Waals surface area contributed by atoms with Crippen LogP contribution in [0.15, 0.2) is 66.9 Å². The van der Waals surface area contributed by atoms with Crippen molar-refractivity contribution in [1.29, 1.82) is 0 Å². The van der Waals surface area contributed by atoms with Gasteiger partial charge >= 0.3 is 0 Å². The third-order valence-corrected chi connectivity index (χ3v) is 7.86. The molecule has 2 aromatic carbocycles. The fourth-order valence-corrected chi connectivity index (χ4v) is 5.89. The molecule has 9 heteroatoms. The van der Waals surface area contributed by atoms with Crippen molar-refractivity contribution < 1.29 is 9.53 Å². The smallest absolute Gasteiger partial charge is 0.221 e. The first kappa shape index (κ1) is 26.7. The summed E-state index contributed by atoms with van der Waals surface area (Å²) in [5.74, 6) is 0.385. The molecule has 1 aliphatic rings. The Bertz CT molecular complexity index is 1570. The third-order valence-electron chi connectivity index (χ3n) is 7.14. The molecule has 1 saturated heterocycles. The summed E-state index contributed by atoms with van der Waals surface area (Å²) in [7, 11) is 1.58. The summed E-state index contributed by atoms with van der Waals surface area (Å²) in [5.41, 5.74) is 7.60. The lowest BCUT2D eigenvalue weighted by Gasteiger charge is -2.29. The van der Waals surface area contributed by atoms with E-state index in [4.69, 9.17) is 28.6 Å². The molecule has 2 atom stereocenters. The summed E-state index contributed by atoms with van der Waals surface area (Å²) in [4.78, 5) is 18.7. The number of nitrogens with one attached hydrogen (secondary N) is 2. The largest absolute Gasteiger partial charge is 0.495 e. The summed E-state index contributed by atoms with van der Waals surface area (Å²) in [5, 5.41) is 7.69. The molecule has 1 aliphatic heterocycles. The third kappa shape index (κ3) is 4.86. The Balaban J connectivity index is 1.70. The van der Waals surface area contributed by atoms with Crippen molar-refractivity contribution in [3.63, 3.8) is 0 Å². The van der Waals surface area contributed by atoms with Crippen LogP contribution in [0.2, 0.25) is 5.02 Å². The number of aromatic nitrogens is 2. The minimum atomic E-state index is -0.217. The lowest BCUT2D eigenvalue weighted by molar-refractivity contribution is -0.114. The van der Waals surface area contributed by atoms with E-state index in [0.29, 0.717) is 16.5 Å². The number of carbonyl (C=O) groups excluding carboxylic acids is 1. The number of nitrogens with zero attached hydrogens (tertiary/aromatic N) is 3. The van der Waals surface area contributed by atoms with Crippen LogP contribution >= 0.6 is 23.8 Å². The van der Waals surface area contributed by atoms with Gasteiger partial charge in [0.05, 0.1) is 30.6 Å². The van der Waals surface area contributed by atoms with Crippen LogP contribution in [0.4, 0.5) is 11.4 Å². The van der Waals surface area contributed by atoms with E-state index in [1.165, 1.54) is 6.92 Å². The van der Waals surface area contributed by atoms with Crippen LogP contribution in [0.3, 0.4) is 0 Å². The molecule has 200 valence electrons. The number of pyridine rings is 1. The fraction of sp³-hybridized carbons (Fsp3) is 0.233. The average molecular weight is 560 g/mol. The van der Waals surface area contributed by atoms with Gasteiger partial charge in [-0.05, 0) is 92.6 Å². The van der Waals surface area contributed by atoms with Gasteiger partial charge in [0, 0.05) is 40.9 Å². The molecule has 4 aromatic rings. The standard InChI is InChI=1S/C30H30ClN5O2S/c1-17-15-22(19(3)35(17)26-11-8-9-23(31)18(26)2)29-28(24-10-6-7-14-32-24)34-30(39)36(29)21-12-13-27(38-5)25(16-21)33-20(4)37/h6-16,28-29H,1-5H3,(H,33,37)(H,34,39)/t28-,29+/m1/s1. The van der Waals surface area contributed by atoms with Gasteiger partial charge in [-0.1, -0.05) is 23.7 Å². The molecule has 3 heterocycles. The van der Waals surface area contributed by atoms with Crippen molar-refractivity contribution in [1.82, 2.24) is 14.9 Å². The second kappa shape index (κ2) is 10.7. The molecule has 1 fully saturated rings. The molecule has 0 unspecified atom stereocenters. The molecule has 0 saturated carbocycles. The van der Waals surface area contributed by atoms with Gasteiger partial charge < -0.3 is 24.8 Å². The number of rotatable bonds is 6. The average Bonchev–Trinajstić information content (AvgIpc) is 3.41. The molecule has 0 spiro atoms. The highest BCUT2D eigenvalue weighted by atomic mass is 35.5. The molecule has 2 N–H and O–H groups in total. The maximum Gasteiger partial charge on any atom is 0.221 e. The summed E-state index contributed by atoms with van der Waals surface area (Å²) < 4.78 is 7.73. The molecule has 0 aliphatic carbocycles. The number of carbonyl (C=O) groups is 1. The number of methoxy groups -OCH3 is 1. The zero-order valence-electron chi connectivity index (χ0n) is 22.4. The van der Waals surface area contributed by atoms with Crippen LogP contribution in [0.25, 0.3) is 5.69 Å². The molecule has 39 heavy (non-hydrogen) atoms. The highest BCUT2D eigenvalue weighted by molar-refractivity contribution is 7.80. The predicted octanol–water partition coefficient (Wildman–Crippen LogP) is 6.60. The minimum Gasteiger partial charge on any atom is -0.495 e. The zero-order valence-corrected chi connectivity index (χ0v) is 24.0. The number of amides is 1. The van der Waals surface area contributed by atoms with Crippen LogP contribution in [0, 0.1) is 20.8 Å². The van der Waals surface area contributed by atoms with Crippen LogP contribution < -0.4 is 20.3 Å². The molecular formula is C30H30ClN5O2S. The van der Waals surface area contributed by atoms with Gasteiger partial charge in [-0.25, -0.2) is 0 Å². The fourth-order valence-electron chi connectivity index (χ4n) is 5.38. The molecule has 5 rings (SSSR count). The van der Waals surface area contributed by atoms with Crippen LogP contribution in [-0.2, 0) is 4.79 Å². The van der Waals surface area contributed by atoms with Crippen molar-refractivity contribution in [2.45, 2.75) is 39.8 Å². The number of hydrogen-bond donors (Lipinski definition) is 2. The highest BCUT2D eigenvalue weighted by Crippen LogP contribution is 2.45. The number of halogens is 1. The van der Waals surface area contributed by atoms with Gasteiger partial charge in [-0.2, -0.15) is 0 Å². The first-order valence-corrected chi connectivity index (χ1v) is 13.4.